The van der Waals surface area contributed by atoms with Crippen LogP contribution in [0.4, 0.5) is 5.82 Å². The Morgan fingerprint density at radius 2 is 2.00 bits per heavy atom. The summed E-state index contributed by atoms with van der Waals surface area (Å²) in [5, 5.41) is 2.76. The van der Waals surface area contributed by atoms with Gasteiger partial charge in [0, 0.05) is 38.9 Å². The molecule has 1 aliphatic heterocycles. The van der Waals surface area contributed by atoms with Gasteiger partial charge in [-0.2, -0.15) is 0 Å². The van der Waals surface area contributed by atoms with Crippen molar-refractivity contribution in [2.45, 2.75) is 12.8 Å². The van der Waals surface area contributed by atoms with E-state index in [-0.39, 0.29) is 11.8 Å². The number of piperazine rings is 1. The fourth-order valence-corrected chi connectivity index (χ4v) is 2.98. The largest absolute Gasteiger partial charge is 0.353 e. The number of hydrogen-bond acceptors (Lipinski definition) is 4. The number of pyridine rings is 1. The van der Waals surface area contributed by atoms with E-state index in [4.69, 9.17) is 0 Å². The van der Waals surface area contributed by atoms with Crippen molar-refractivity contribution in [1.29, 1.82) is 0 Å². The van der Waals surface area contributed by atoms with E-state index in [1.165, 1.54) is 0 Å². The first kappa shape index (κ1) is 15.5. The van der Waals surface area contributed by atoms with Crippen molar-refractivity contribution < 1.29 is 9.59 Å². The number of carbonyl (C=O) groups excluding carboxylic acids is 2. The second-order valence-electron chi connectivity index (χ2n) is 6.05. The second kappa shape index (κ2) is 6.40. The van der Waals surface area contributed by atoms with Crippen LogP contribution >= 0.6 is 0 Å². The first-order valence-electron chi connectivity index (χ1n) is 8.02. The minimum atomic E-state index is -0.823. The molecule has 2 fully saturated rings. The maximum atomic E-state index is 12.7. The lowest BCUT2D eigenvalue weighted by Crippen LogP contribution is -2.53. The summed E-state index contributed by atoms with van der Waals surface area (Å²) in [7, 11) is 0. The molecule has 3 rings (SSSR count). The van der Waals surface area contributed by atoms with E-state index in [0.29, 0.717) is 32.5 Å². The van der Waals surface area contributed by atoms with Gasteiger partial charge in [-0.25, -0.2) is 4.98 Å². The van der Waals surface area contributed by atoms with E-state index in [1.807, 2.05) is 23.1 Å². The Morgan fingerprint density at radius 3 is 2.57 bits per heavy atom. The van der Waals surface area contributed by atoms with Gasteiger partial charge in [-0.05, 0) is 25.0 Å². The van der Waals surface area contributed by atoms with Gasteiger partial charge in [-0.3, -0.25) is 9.59 Å². The van der Waals surface area contributed by atoms with Crippen LogP contribution in [-0.2, 0) is 9.59 Å². The zero-order valence-corrected chi connectivity index (χ0v) is 13.2. The summed E-state index contributed by atoms with van der Waals surface area (Å²) in [6.45, 7) is 6.74. The van der Waals surface area contributed by atoms with Gasteiger partial charge in [0.05, 0.1) is 0 Å². The molecule has 2 heterocycles. The van der Waals surface area contributed by atoms with Crippen molar-refractivity contribution >= 4 is 17.6 Å². The molecule has 2 amide bonds. The average molecular weight is 314 g/mol. The fourth-order valence-electron chi connectivity index (χ4n) is 2.98. The van der Waals surface area contributed by atoms with Crippen molar-refractivity contribution in [3.05, 3.63) is 37.1 Å². The molecule has 0 bridgehead atoms. The van der Waals surface area contributed by atoms with Crippen LogP contribution in [0.25, 0.3) is 0 Å². The summed E-state index contributed by atoms with van der Waals surface area (Å²) in [6.07, 6.45) is 4.70. The highest BCUT2D eigenvalue weighted by Gasteiger charge is 2.57. The normalized spacial score (nSPS) is 19.1. The predicted molar refractivity (Wildman–Crippen MR) is 87.9 cm³/mol. The van der Waals surface area contributed by atoms with Gasteiger partial charge in [0.1, 0.15) is 11.2 Å². The molecule has 1 saturated heterocycles. The second-order valence-corrected chi connectivity index (χ2v) is 6.05. The number of nitrogens with zero attached hydrogens (tertiary/aromatic N) is 3. The minimum Gasteiger partial charge on any atom is -0.353 e. The first-order chi connectivity index (χ1) is 11.2. The van der Waals surface area contributed by atoms with Gasteiger partial charge in [0.2, 0.25) is 11.8 Å². The molecular formula is C17H22N4O2. The molecular weight excluding hydrogens is 292 g/mol. The Bertz CT molecular complexity index is 590. The van der Waals surface area contributed by atoms with Crippen LogP contribution in [0.3, 0.4) is 0 Å². The number of hydrogen-bond donors (Lipinski definition) is 1. The number of carbonyl (C=O) groups is 2. The van der Waals surface area contributed by atoms with Crippen LogP contribution in [0.5, 0.6) is 0 Å². The van der Waals surface area contributed by atoms with E-state index in [9.17, 15) is 9.59 Å². The van der Waals surface area contributed by atoms with Crippen molar-refractivity contribution in [2.75, 3.05) is 37.6 Å². The van der Waals surface area contributed by atoms with Crippen LogP contribution in [0.15, 0.2) is 37.1 Å². The molecule has 0 aromatic carbocycles. The highest BCUT2D eigenvalue weighted by Crippen LogP contribution is 2.47. The van der Waals surface area contributed by atoms with E-state index in [0.717, 1.165) is 18.9 Å². The fraction of sp³-hybridized carbons (Fsp3) is 0.471. The van der Waals surface area contributed by atoms with E-state index < -0.39 is 5.41 Å². The molecule has 1 aromatic rings. The number of amides is 2. The number of nitrogens with one attached hydrogen (secondary N) is 1. The van der Waals surface area contributed by atoms with Crippen molar-refractivity contribution in [2.24, 2.45) is 5.41 Å². The third-order valence-corrected chi connectivity index (χ3v) is 4.54. The van der Waals surface area contributed by atoms with Gasteiger partial charge in [-0.1, -0.05) is 12.1 Å². The molecule has 6 heteroatoms. The Labute approximate surface area is 136 Å². The van der Waals surface area contributed by atoms with Gasteiger partial charge in [0.15, 0.2) is 0 Å². The predicted octanol–water partition coefficient (Wildman–Crippen LogP) is 0.813. The summed E-state index contributed by atoms with van der Waals surface area (Å²) in [5.74, 6) is 0.749. The Morgan fingerprint density at radius 1 is 1.26 bits per heavy atom. The molecule has 6 nitrogen and oxygen atoms in total. The molecule has 1 N–H and O–H groups in total. The van der Waals surface area contributed by atoms with E-state index >= 15 is 0 Å². The summed E-state index contributed by atoms with van der Waals surface area (Å²) in [5.41, 5.74) is -0.823. The maximum Gasteiger partial charge on any atom is 0.238 e. The molecule has 1 aliphatic carbocycles. The van der Waals surface area contributed by atoms with Gasteiger partial charge < -0.3 is 15.1 Å². The van der Waals surface area contributed by atoms with Crippen LogP contribution in [0, 0.1) is 5.41 Å². The number of aromatic nitrogens is 1. The quantitative estimate of drug-likeness (QED) is 0.645. The zero-order valence-electron chi connectivity index (χ0n) is 13.2. The summed E-state index contributed by atoms with van der Waals surface area (Å²) in [6, 6.07) is 5.83. The minimum absolute atomic E-state index is 0.0280. The van der Waals surface area contributed by atoms with Gasteiger partial charge >= 0.3 is 0 Å². The average Bonchev–Trinajstić information content (AvgIpc) is 3.42. The standard InChI is InChI=1S/C17H22N4O2/c1-2-8-19-15(22)17(6-7-17)16(23)21-12-10-20(11-13-21)14-5-3-4-9-18-14/h2-5,9H,1,6-8,10-13H2,(H,19,22). The van der Waals surface area contributed by atoms with Crippen LogP contribution < -0.4 is 10.2 Å². The summed E-state index contributed by atoms with van der Waals surface area (Å²) in [4.78, 5) is 33.3. The highest BCUT2D eigenvalue weighted by molar-refractivity contribution is 6.07. The van der Waals surface area contributed by atoms with Gasteiger partial charge in [0.25, 0.3) is 0 Å². The van der Waals surface area contributed by atoms with Crippen LogP contribution in [0.1, 0.15) is 12.8 Å². The lowest BCUT2D eigenvalue weighted by atomic mass is 10.0. The molecule has 2 aliphatic rings. The smallest absolute Gasteiger partial charge is 0.238 e. The van der Waals surface area contributed by atoms with Crippen molar-refractivity contribution in [3.63, 3.8) is 0 Å². The van der Waals surface area contributed by atoms with Crippen LogP contribution in [-0.4, -0.2) is 54.4 Å². The Kier molecular flexibility index (Phi) is 4.32. The van der Waals surface area contributed by atoms with E-state index in [2.05, 4.69) is 21.8 Å². The number of rotatable bonds is 5. The van der Waals surface area contributed by atoms with Crippen molar-refractivity contribution in [3.8, 4) is 0 Å². The SMILES string of the molecule is C=CCNC(=O)C1(C(=O)N2CCN(c3ccccn3)CC2)CC1. The lowest BCUT2D eigenvalue weighted by Gasteiger charge is -2.36. The monoisotopic (exact) mass is 314 g/mol. The maximum absolute atomic E-state index is 12.7. The topological polar surface area (TPSA) is 65.5 Å². The molecule has 0 spiro atoms. The molecule has 1 aromatic heterocycles. The molecule has 23 heavy (non-hydrogen) atoms. The lowest BCUT2D eigenvalue weighted by molar-refractivity contribution is -0.144. The molecule has 1 saturated carbocycles. The first-order valence-corrected chi connectivity index (χ1v) is 8.02. The molecule has 0 radical (unpaired) electrons. The highest BCUT2D eigenvalue weighted by atomic mass is 16.2. The Balaban J connectivity index is 1.58. The van der Waals surface area contributed by atoms with Gasteiger partial charge in [-0.15, -0.1) is 6.58 Å². The zero-order chi connectivity index (χ0) is 16.3. The summed E-state index contributed by atoms with van der Waals surface area (Å²) >= 11 is 0. The van der Waals surface area contributed by atoms with Crippen molar-refractivity contribution in [1.82, 2.24) is 15.2 Å². The summed E-state index contributed by atoms with van der Waals surface area (Å²) < 4.78 is 0. The van der Waals surface area contributed by atoms with E-state index in [1.54, 1.807) is 12.3 Å². The Hall–Kier alpha value is -2.37. The molecule has 0 atom stereocenters. The third-order valence-electron chi connectivity index (χ3n) is 4.54. The third kappa shape index (κ3) is 3.06. The molecule has 122 valence electrons. The number of anilines is 1. The molecule has 0 unspecified atom stereocenters. The van der Waals surface area contributed by atoms with Crippen LogP contribution in [0.2, 0.25) is 0 Å².